The van der Waals surface area contributed by atoms with Gasteiger partial charge in [-0.25, -0.2) is 19.6 Å². The summed E-state index contributed by atoms with van der Waals surface area (Å²) >= 11 is 6.25. The molecule has 0 spiro atoms. The van der Waals surface area contributed by atoms with E-state index in [2.05, 4.69) is 9.97 Å². The maximum atomic E-state index is 11.8. The highest BCUT2D eigenvalue weighted by atomic mass is 35.5. The van der Waals surface area contributed by atoms with Crippen molar-refractivity contribution in [2.45, 2.75) is 162 Å². The quantitative estimate of drug-likeness (QED) is 0.285. The topological polar surface area (TPSA) is 174 Å². The Bertz CT molecular complexity index is 1750. The van der Waals surface area contributed by atoms with Crippen molar-refractivity contribution >= 4 is 50.1 Å². The van der Waals surface area contributed by atoms with Gasteiger partial charge in [-0.2, -0.15) is 0 Å². The lowest BCUT2D eigenvalue weighted by atomic mass is 9.49. The standard InChI is InChI=1S/C13H16BNO5.C13H14ClNO3.C12H24B2O4.CH4/c1-2-19-13(16)10-6-9(14(17)18)8-5-7-3-4-11(20-7)12(8)15-10;1-2-17-13(16)10-6-9(14)8-5-7-3-4-11(18-7)12(8)15-10;1-9(2)10(3,4)16-13(15-9)14-17-11(5,6)12(7,8)18-14;/h6-7,11,17-18H,2-5H2,1H3;6-7,11H,2-5H2,1H3;1-8H3;1H4. The van der Waals surface area contributed by atoms with Crippen molar-refractivity contribution in [3.05, 3.63) is 51.1 Å². The number of carbonyl (C=O) groups excluding carboxylic acids is 2. The normalized spacial score (nSPS) is 26.1. The van der Waals surface area contributed by atoms with Crippen molar-refractivity contribution in [3.8, 4) is 0 Å². The predicted molar refractivity (Wildman–Crippen MR) is 215 cm³/mol. The highest BCUT2D eigenvalue weighted by Gasteiger charge is 2.63. The van der Waals surface area contributed by atoms with Crippen molar-refractivity contribution in [1.82, 2.24) is 9.97 Å². The van der Waals surface area contributed by atoms with Gasteiger partial charge in [0, 0.05) is 17.9 Å². The third-order valence-electron chi connectivity index (χ3n) is 12.0. The molecule has 0 radical (unpaired) electrons. The van der Waals surface area contributed by atoms with Gasteiger partial charge in [-0.3, -0.25) is 0 Å². The molecule has 0 saturated carbocycles. The predicted octanol–water partition coefficient (Wildman–Crippen LogP) is 5.29. The number of halogens is 1. The fraction of sp³-hybridized carbons (Fsp3) is 0.692. The average Bonchev–Trinajstić information content (AvgIpc) is 3.82. The number of aromatic nitrogens is 2. The second-order valence-electron chi connectivity index (χ2n) is 16.9. The molecule has 2 N–H and O–H groups in total. The molecule has 312 valence electrons. The molecular formula is C39H58B3ClN2O12. The molecule has 8 rings (SSSR count). The first-order valence-electron chi connectivity index (χ1n) is 19.6. The Labute approximate surface area is 342 Å². The number of rotatable bonds is 6. The first-order valence-corrected chi connectivity index (χ1v) is 20.0. The lowest BCUT2D eigenvalue weighted by molar-refractivity contribution is 0.00578. The van der Waals surface area contributed by atoms with Gasteiger partial charge in [0.25, 0.3) is 0 Å². The Morgan fingerprint density at radius 1 is 0.719 bits per heavy atom. The van der Waals surface area contributed by atoms with Gasteiger partial charge >= 0.3 is 33.1 Å². The van der Waals surface area contributed by atoms with Crippen LogP contribution in [-0.4, -0.2) is 101 Å². The Kier molecular flexibility index (Phi) is 13.7. The van der Waals surface area contributed by atoms with E-state index in [1.165, 1.54) is 6.07 Å². The average molecular weight is 815 g/mol. The summed E-state index contributed by atoms with van der Waals surface area (Å²) in [5.41, 5.74) is 2.56. The van der Waals surface area contributed by atoms with E-state index in [0.29, 0.717) is 29.2 Å². The summed E-state index contributed by atoms with van der Waals surface area (Å²) < 4.78 is 45.3. The number of nitrogens with zero attached hydrogens (tertiary/aromatic N) is 2. The molecule has 18 heteroatoms. The second kappa shape index (κ2) is 17.2. The van der Waals surface area contributed by atoms with Crippen LogP contribution in [0.3, 0.4) is 0 Å². The summed E-state index contributed by atoms with van der Waals surface area (Å²) in [6.45, 7) is 20.3. The van der Waals surface area contributed by atoms with Gasteiger partial charge in [-0.05, 0) is 124 Å². The summed E-state index contributed by atoms with van der Waals surface area (Å²) in [4.78, 5) is 32.2. The van der Waals surface area contributed by atoms with Crippen LogP contribution in [0.15, 0.2) is 12.1 Å². The van der Waals surface area contributed by atoms with E-state index in [9.17, 15) is 19.6 Å². The van der Waals surface area contributed by atoms with Crippen LogP contribution < -0.4 is 5.46 Å². The molecule has 6 aliphatic heterocycles. The van der Waals surface area contributed by atoms with Gasteiger partial charge in [-0.1, -0.05) is 19.0 Å². The minimum absolute atomic E-state index is 0. The molecule has 4 unspecified atom stereocenters. The maximum absolute atomic E-state index is 11.8. The van der Waals surface area contributed by atoms with Crippen molar-refractivity contribution in [1.29, 1.82) is 0 Å². The fourth-order valence-corrected chi connectivity index (χ4v) is 7.82. The van der Waals surface area contributed by atoms with Crippen LogP contribution in [0.4, 0.5) is 0 Å². The lowest BCUT2D eigenvalue weighted by Crippen LogP contribution is -2.41. The molecule has 14 nitrogen and oxygen atoms in total. The van der Waals surface area contributed by atoms with Crippen LogP contribution in [0, 0.1) is 0 Å². The number of hydrogen-bond donors (Lipinski definition) is 2. The molecule has 2 aromatic rings. The third kappa shape index (κ3) is 9.27. The second-order valence-corrected chi connectivity index (χ2v) is 17.3. The van der Waals surface area contributed by atoms with Gasteiger partial charge in [0.1, 0.15) is 23.6 Å². The van der Waals surface area contributed by atoms with Crippen LogP contribution in [-0.2, 0) is 50.4 Å². The summed E-state index contributed by atoms with van der Waals surface area (Å²) in [6, 6.07) is 3.01. The van der Waals surface area contributed by atoms with Crippen molar-refractivity contribution < 1.29 is 57.2 Å². The first kappa shape index (κ1) is 45.5. The van der Waals surface area contributed by atoms with E-state index in [-0.39, 0.29) is 72.2 Å². The molecule has 4 saturated heterocycles. The van der Waals surface area contributed by atoms with Crippen molar-refractivity contribution in [2.24, 2.45) is 0 Å². The van der Waals surface area contributed by atoms with Gasteiger partial charge < -0.3 is 47.6 Å². The zero-order valence-electron chi connectivity index (χ0n) is 34.1. The van der Waals surface area contributed by atoms with E-state index in [0.717, 1.165) is 48.9 Å². The molecule has 8 heterocycles. The highest BCUT2D eigenvalue weighted by Crippen LogP contribution is 2.44. The molecular weight excluding hydrogens is 756 g/mol. The number of carbonyl (C=O) groups is 2. The molecule has 0 aromatic carbocycles. The number of ether oxygens (including phenoxy) is 4. The molecule has 4 atom stereocenters. The molecule has 2 aromatic heterocycles. The summed E-state index contributed by atoms with van der Waals surface area (Å²) in [6.07, 6.45) is 5.36. The van der Waals surface area contributed by atoms with Crippen LogP contribution >= 0.6 is 11.6 Å². The van der Waals surface area contributed by atoms with Gasteiger partial charge in [-0.15, -0.1) is 0 Å². The van der Waals surface area contributed by atoms with E-state index in [4.69, 9.17) is 49.2 Å². The first-order chi connectivity index (χ1) is 26.2. The molecule has 0 aliphatic carbocycles. The summed E-state index contributed by atoms with van der Waals surface area (Å²) in [7, 11) is -2.58. The molecule has 4 fully saturated rings. The van der Waals surface area contributed by atoms with E-state index in [1.54, 1.807) is 19.9 Å². The smallest absolute Gasteiger partial charge is 0.461 e. The number of fused-ring (bicyclic) bond motifs is 8. The lowest BCUT2D eigenvalue weighted by Gasteiger charge is -2.32. The summed E-state index contributed by atoms with van der Waals surface area (Å²) in [5.74, 6) is -0.986. The van der Waals surface area contributed by atoms with Crippen molar-refractivity contribution in [3.63, 3.8) is 0 Å². The van der Waals surface area contributed by atoms with E-state index in [1.807, 2.05) is 55.4 Å². The Morgan fingerprint density at radius 3 is 1.51 bits per heavy atom. The molecule has 4 bridgehead atoms. The van der Waals surface area contributed by atoms with E-state index >= 15 is 0 Å². The number of hydrogen-bond acceptors (Lipinski definition) is 14. The van der Waals surface area contributed by atoms with Gasteiger partial charge in [0.15, 0.2) is 0 Å². The minimum atomic E-state index is -1.63. The zero-order valence-corrected chi connectivity index (χ0v) is 34.9. The van der Waals surface area contributed by atoms with Gasteiger partial charge in [0.05, 0.1) is 59.2 Å². The summed E-state index contributed by atoms with van der Waals surface area (Å²) in [5, 5.41) is 19.7. The van der Waals surface area contributed by atoms with Crippen LogP contribution in [0.25, 0.3) is 0 Å². The SMILES string of the molecule is C.CC1(C)OB(B2OC(C)(C)C(C)(C)O2)OC1(C)C.CCOC(=O)c1cc(B(O)O)c2c(n1)C1CCC(C2)O1.CCOC(=O)c1cc(Cl)c2c(n1)C1CCC(C2)O1. The van der Waals surface area contributed by atoms with E-state index < -0.39 is 33.1 Å². The van der Waals surface area contributed by atoms with Crippen LogP contribution in [0.5, 0.6) is 0 Å². The zero-order chi connectivity index (χ0) is 41.0. The molecule has 6 aliphatic rings. The maximum Gasteiger partial charge on any atom is 0.488 e. The fourth-order valence-electron chi connectivity index (χ4n) is 7.55. The number of esters is 2. The Balaban J connectivity index is 0.000000162. The van der Waals surface area contributed by atoms with Crippen LogP contribution in [0.2, 0.25) is 5.02 Å². The highest BCUT2D eigenvalue weighted by molar-refractivity contribution is 7.11. The molecule has 0 amide bonds. The number of pyridine rings is 2. The minimum Gasteiger partial charge on any atom is -0.461 e. The Hall–Kier alpha value is -2.60. The molecule has 57 heavy (non-hydrogen) atoms. The van der Waals surface area contributed by atoms with Gasteiger partial charge in [0.2, 0.25) is 0 Å². The van der Waals surface area contributed by atoms with Crippen molar-refractivity contribution in [2.75, 3.05) is 13.2 Å². The monoisotopic (exact) mass is 814 g/mol. The largest absolute Gasteiger partial charge is 0.488 e. The van der Waals surface area contributed by atoms with Crippen LogP contribution in [0.1, 0.15) is 158 Å². The third-order valence-corrected chi connectivity index (χ3v) is 12.3. The Morgan fingerprint density at radius 2 is 1.11 bits per heavy atom.